The molecule has 0 atom stereocenters. The van der Waals surface area contributed by atoms with Crippen LogP contribution in [0, 0.1) is 6.92 Å². The average Bonchev–Trinajstić information content (AvgIpc) is 3.05. The number of hydrogen-bond donors (Lipinski definition) is 1. The van der Waals surface area contributed by atoms with Crippen LogP contribution in [0.4, 0.5) is 10.5 Å². The Kier molecular flexibility index (Phi) is 5.28. The number of aryl methyl sites for hydroxylation is 2. The lowest BCUT2D eigenvalue weighted by molar-refractivity contribution is 0.0500. The van der Waals surface area contributed by atoms with E-state index in [-0.39, 0.29) is 12.0 Å². The first-order valence-electron chi connectivity index (χ1n) is 8.38. The minimum atomic E-state index is -0.352. The van der Waals surface area contributed by atoms with E-state index in [1.54, 1.807) is 29.2 Å². The molecule has 1 N–H and O–H groups in total. The third-order valence-corrected chi connectivity index (χ3v) is 4.03. The molecule has 0 bridgehead atoms. The number of ether oxygens (including phenoxy) is 1. The van der Waals surface area contributed by atoms with Crippen molar-refractivity contribution in [3.05, 3.63) is 59.4 Å². The van der Waals surface area contributed by atoms with E-state index in [1.165, 1.54) is 0 Å². The highest BCUT2D eigenvalue weighted by Gasteiger charge is 2.21. The molecule has 1 saturated heterocycles. The molecule has 0 unspecified atom stereocenters. The molecule has 6 heteroatoms. The number of urea groups is 1. The lowest BCUT2D eigenvalue weighted by atomic mass is 10.2. The van der Waals surface area contributed by atoms with Crippen LogP contribution in [0.25, 0.3) is 0 Å². The molecular weight excluding hydrogens is 318 g/mol. The molecule has 2 aromatic rings. The Bertz CT molecular complexity index is 759. The summed E-state index contributed by atoms with van der Waals surface area (Å²) < 4.78 is 5.31. The van der Waals surface area contributed by atoms with E-state index < -0.39 is 0 Å². The number of amides is 2. The summed E-state index contributed by atoms with van der Waals surface area (Å²) >= 11 is 0. The van der Waals surface area contributed by atoms with Crippen molar-refractivity contribution in [3.63, 3.8) is 0 Å². The number of nitrogens with zero attached hydrogens (tertiary/aromatic N) is 2. The number of pyridine rings is 1. The number of carbonyl (C=O) groups is 2. The minimum absolute atomic E-state index is 0.111. The van der Waals surface area contributed by atoms with Crippen LogP contribution < -0.4 is 10.2 Å². The van der Waals surface area contributed by atoms with Crippen LogP contribution in [-0.2, 0) is 11.2 Å². The smallest absolute Gasteiger partial charge is 0.338 e. The Balaban J connectivity index is 1.47. The summed E-state index contributed by atoms with van der Waals surface area (Å²) in [6.45, 7) is 3.58. The van der Waals surface area contributed by atoms with Crippen molar-refractivity contribution >= 4 is 17.7 Å². The first kappa shape index (κ1) is 17.0. The molecule has 2 amide bonds. The van der Waals surface area contributed by atoms with Crippen molar-refractivity contribution < 1.29 is 14.3 Å². The third-order valence-electron chi connectivity index (χ3n) is 4.03. The highest BCUT2D eigenvalue weighted by Crippen LogP contribution is 2.17. The number of esters is 1. The molecule has 0 aliphatic carbocycles. The lowest BCUT2D eigenvalue weighted by Gasteiger charge is -2.14. The first-order chi connectivity index (χ1) is 12.1. The lowest BCUT2D eigenvalue weighted by Crippen LogP contribution is -2.27. The van der Waals surface area contributed by atoms with E-state index in [4.69, 9.17) is 4.74 Å². The second kappa shape index (κ2) is 7.79. The molecule has 6 nitrogen and oxygen atoms in total. The van der Waals surface area contributed by atoms with E-state index >= 15 is 0 Å². The Morgan fingerprint density at radius 1 is 1.24 bits per heavy atom. The monoisotopic (exact) mass is 339 g/mol. The van der Waals surface area contributed by atoms with Crippen molar-refractivity contribution in [2.24, 2.45) is 0 Å². The second-order valence-corrected chi connectivity index (χ2v) is 5.94. The van der Waals surface area contributed by atoms with Crippen LogP contribution >= 0.6 is 0 Å². The van der Waals surface area contributed by atoms with Gasteiger partial charge in [0.15, 0.2) is 0 Å². The van der Waals surface area contributed by atoms with Crippen molar-refractivity contribution in [1.82, 2.24) is 10.3 Å². The van der Waals surface area contributed by atoms with Gasteiger partial charge in [0.05, 0.1) is 12.2 Å². The molecule has 2 heterocycles. The van der Waals surface area contributed by atoms with E-state index in [0.29, 0.717) is 25.3 Å². The van der Waals surface area contributed by atoms with Gasteiger partial charge in [-0.1, -0.05) is 6.07 Å². The summed E-state index contributed by atoms with van der Waals surface area (Å²) in [6, 6.07) is 12.7. The highest BCUT2D eigenvalue weighted by molar-refractivity contribution is 5.95. The number of rotatable bonds is 6. The van der Waals surface area contributed by atoms with Crippen LogP contribution in [0.15, 0.2) is 42.5 Å². The van der Waals surface area contributed by atoms with E-state index in [9.17, 15) is 9.59 Å². The molecule has 1 aromatic carbocycles. The van der Waals surface area contributed by atoms with Gasteiger partial charge in [-0.25, -0.2) is 9.59 Å². The summed E-state index contributed by atoms with van der Waals surface area (Å²) in [6.07, 6.45) is 1.51. The Morgan fingerprint density at radius 3 is 2.72 bits per heavy atom. The number of anilines is 1. The highest BCUT2D eigenvalue weighted by atomic mass is 16.5. The fraction of sp³-hybridized carbons (Fsp3) is 0.316. The summed E-state index contributed by atoms with van der Waals surface area (Å²) in [5.41, 5.74) is 3.25. The maximum Gasteiger partial charge on any atom is 0.338 e. The largest absolute Gasteiger partial charge is 0.462 e. The summed E-state index contributed by atoms with van der Waals surface area (Å²) in [4.78, 5) is 29.8. The molecule has 0 radical (unpaired) electrons. The van der Waals surface area contributed by atoms with Gasteiger partial charge in [-0.05, 0) is 56.2 Å². The van der Waals surface area contributed by atoms with E-state index in [0.717, 1.165) is 29.9 Å². The normalized spacial score (nSPS) is 13.6. The standard InChI is InChI=1S/C19H21N3O3/c1-14-4-2-5-16(21-14)6-3-13-25-18(23)15-7-9-17(10-8-15)22-12-11-20-19(22)24/h2,4-5,7-10H,3,6,11-13H2,1H3,(H,20,24). The molecule has 1 fully saturated rings. The SMILES string of the molecule is Cc1cccc(CCCOC(=O)c2ccc(N3CCNC3=O)cc2)n1. The number of benzene rings is 1. The third kappa shape index (κ3) is 4.35. The van der Waals surface area contributed by atoms with Gasteiger partial charge in [0.25, 0.3) is 0 Å². The molecule has 3 rings (SSSR count). The number of nitrogens with one attached hydrogen (secondary N) is 1. The van der Waals surface area contributed by atoms with Gasteiger partial charge in [-0.2, -0.15) is 0 Å². The predicted octanol–water partition coefficient (Wildman–Crippen LogP) is 2.71. The molecule has 1 aromatic heterocycles. The van der Waals surface area contributed by atoms with Crippen molar-refractivity contribution in [2.45, 2.75) is 19.8 Å². The van der Waals surface area contributed by atoms with Crippen LogP contribution in [0.5, 0.6) is 0 Å². The van der Waals surface area contributed by atoms with Gasteiger partial charge < -0.3 is 10.1 Å². The van der Waals surface area contributed by atoms with Gasteiger partial charge >= 0.3 is 12.0 Å². The minimum Gasteiger partial charge on any atom is -0.462 e. The fourth-order valence-electron chi connectivity index (χ4n) is 2.74. The van der Waals surface area contributed by atoms with Gasteiger partial charge in [-0.15, -0.1) is 0 Å². The van der Waals surface area contributed by atoms with Crippen LogP contribution in [0.3, 0.4) is 0 Å². The van der Waals surface area contributed by atoms with E-state index in [2.05, 4.69) is 10.3 Å². The molecule has 25 heavy (non-hydrogen) atoms. The predicted molar refractivity (Wildman–Crippen MR) is 94.8 cm³/mol. The van der Waals surface area contributed by atoms with E-state index in [1.807, 2.05) is 25.1 Å². The topological polar surface area (TPSA) is 71.5 Å². The van der Waals surface area contributed by atoms with Gasteiger partial charge in [0, 0.05) is 30.2 Å². The zero-order valence-corrected chi connectivity index (χ0v) is 14.2. The average molecular weight is 339 g/mol. The quantitative estimate of drug-likeness (QED) is 0.649. The molecule has 0 spiro atoms. The second-order valence-electron chi connectivity index (χ2n) is 5.94. The fourth-order valence-corrected chi connectivity index (χ4v) is 2.74. The molecule has 1 aliphatic heterocycles. The summed E-state index contributed by atoms with van der Waals surface area (Å²) in [5, 5.41) is 2.75. The van der Waals surface area contributed by atoms with Gasteiger partial charge in [0.2, 0.25) is 0 Å². The molecule has 1 aliphatic rings. The first-order valence-corrected chi connectivity index (χ1v) is 8.38. The van der Waals surface area contributed by atoms with Crippen LogP contribution in [-0.4, -0.2) is 36.7 Å². The van der Waals surface area contributed by atoms with Crippen molar-refractivity contribution in [3.8, 4) is 0 Å². The maximum atomic E-state index is 12.1. The van der Waals surface area contributed by atoms with Gasteiger partial charge in [0.1, 0.15) is 0 Å². The maximum absolute atomic E-state index is 12.1. The summed E-state index contributed by atoms with van der Waals surface area (Å²) in [5.74, 6) is -0.352. The Hall–Kier alpha value is -2.89. The van der Waals surface area contributed by atoms with Crippen molar-refractivity contribution in [2.75, 3.05) is 24.6 Å². The zero-order valence-electron chi connectivity index (χ0n) is 14.2. The number of aromatic nitrogens is 1. The summed E-state index contributed by atoms with van der Waals surface area (Å²) in [7, 11) is 0. The number of carbonyl (C=O) groups excluding carboxylic acids is 2. The zero-order chi connectivity index (χ0) is 17.6. The van der Waals surface area contributed by atoms with Crippen LogP contribution in [0.1, 0.15) is 28.2 Å². The Labute approximate surface area is 146 Å². The van der Waals surface area contributed by atoms with Crippen LogP contribution in [0.2, 0.25) is 0 Å². The molecular formula is C19H21N3O3. The van der Waals surface area contributed by atoms with Gasteiger partial charge in [-0.3, -0.25) is 9.88 Å². The number of hydrogen-bond acceptors (Lipinski definition) is 4. The molecule has 130 valence electrons. The van der Waals surface area contributed by atoms with Crippen molar-refractivity contribution in [1.29, 1.82) is 0 Å². The Morgan fingerprint density at radius 2 is 2.04 bits per heavy atom. The molecule has 0 saturated carbocycles.